The van der Waals surface area contributed by atoms with E-state index in [0.717, 1.165) is 24.0 Å². The van der Waals surface area contributed by atoms with Crippen molar-refractivity contribution in [3.63, 3.8) is 0 Å². The molecule has 1 N–H and O–H groups in total. The molecule has 2 aliphatic rings. The number of furan rings is 1. The van der Waals surface area contributed by atoms with Gasteiger partial charge in [0, 0.05) is 12.6 Å². The summed E-state index contributed by atoms with van der Waals surface area (Å²) >= 11 is 0. The van der Waals surface area contributed by atoms with Gasteiger partial charge in [-0.25, -0.2) is 0 Å². The van der Waals surface area contributed by atoms with E-state index in [4.69, 9.17) is 4.42 Å². The summed E-state index contributed by atoms with van der Waals surface area (Å²) in [5.41, 5.74) is 0. The zero-order valence-corrected chi connectivity index (χ0v) is 12.7. The van der Waals surface area contributed by atoms with Crippen molar-refractivity contribution >= 4 is 0 Å². The van der Waals surface area contributed by atoms with Crippen LogP contribution in [-0.4, -0.2) is 30.6 Å². The third-order valence-electron chi connectivity index (χ3n) is 4.94. The summed E-state index contributed by atoms with van der Waals surface area (Å²) in [5, 5.41) is 3.64. The summed E-state index contributed by atoms with van der Waals surface area (Å²) < 4.78 is 5.61. The molecular weight excluding hydrogens is 248 g/mol. The first-order valence-electron chi connectivity index (χ1n) is 8.30. The molecule has 0 unspecified atom stereocenters. The molecule has 3 nitrogen and oxygen atoms in total. The summed E-state index contributed by atoms with van der Waals surface area (Å²) in [6.45, 7) is 6.77. The van der Waals surface area contributed by atoms with Gasteiger partial charge in [0.05, 0.1) is 6.54 Å². The number of piperidine rings is 1. The van der Waals surface area contributed by atoms with Crippen LogP contribution in [0.25, 0.3) is 0 Å². The molecule has 1 aliphatic heterocycles. The molecule has 1 saturated heterocycles. The Bertz CT molecular complexity index is 401. The van der Waals surface area contributed by atoms with Crippen molar-refractivity contribution in [3.05, 3.63) is 23.7 Å². The third-order valence-corrected chi connectivity index (χ3v) is 4.94. The maximum absolute atomic E-state index is 5.61. The Labute approximate surface area is 122 Å². The molecule has 2 fully saturated rings. The highest BCUT2D eigenvalue weighted by molar-refractivity contribution is 5.05. The fraction of sp³-hybridized carbons (Fsp3) is 0.765. The van der Waals surface area contributed by atoms with Crippen molar-refractivity contribution in [2.24, 2.45) is 5.92 Å². The lowest BCUT2D eigenvalue weighted by molar-refractivity contribution is 0.171. The van der Waals surface area contributed by atoms with Crippen molar-refractivity contribution < 1.29 is 4.42 Å². The Morgan fingerprint density at radius 3 is 2.55 bits per heavy atom. The molecule has 0 amide bonds. The summed E-state index contributed by atoms with van der Waals surface area (Å²) in [6, 6.07) is 4.79. The van der Waals surface area contributed by atoms with Gasteiger partial charge >= 0.3 is 0 Å². The van der Waals surface area contributed by atoms with E-state index in [1.54, 1.807) is 0 Å². The van der Waals surface area contributed by atoms with Gasteiger partial charge in [-0.05, 0) is 63.7 Å². The van der Waals surface area contributed by atoms with Crippen LogP contribution in [0.15, 0.2) is 16.5 Å². The maximum atomic E-state index is 5.61. The Hall–Kier alpha value is -0.800. The smallest absolute Gasteiger partial charge is 0.117 e. The Balaban J connectivity index is 1.35. The molecule has 0 radical (unpaired) electrons. The molecule has 0 aromatic carbocycles. The summed E-state index contributed by atoms with van der Waals surface area (Å²) in [5.74, 6) is 3.06. The standard InChI is InChI=1S/C17H28N2O/c1-14-6-7-17(20-14)12-18-16-8-10-19(11-9-16)13-15-4-2-3-5-15/h6-7,15-16,18H,2-5,8-13H2,1H3. The predicted octanol–water partition coefficient (Wildman–Crippen LogP) is 3.33. The first-order chi connectivity index (χ1) is 9.79. The van der Waals surface area contributed by atoms with E-state index in [1.807, 2.05) is 13.0 Å². The topological polar surface area (TPSA) is 28.4 Å². The van der Waals surface area contributed by atoms with Crippen molar-refractivity contribution in [2.75, 3.05) is 19.6 Å². The predicted molar refractivity (Wildman–Crippen MR) is 81.7 cm³/mol. The summed E-state index contributed by atoms with van der Waals surface area (Å²) in [7, 11) is 0. The van der Waals surface area contributed by atoms with Crippen LogP contribution in [0.5, 0.6) is 0 Å². The van der Waals surface area contributed by atoms with E-state index in [-0.39, 0.29) is 0 Å². The minimum Gasteiger partial charge on any atom is -0.465 e. The molecule has 0 spiro atoms. The van der Waals surface area contributed by atoms with Crippen LogP contribution in [0.1, 0.15) is 50.0 Å². The average Bonchev–Trinajstić information content (AvgIpc) is 3.10. The quantitative estimate of drug-likeness (QED) is 0.894. The minimum atomic E-state index is 0.667. The average molecular weight is 276 g/mol. The minimum absolute atomic E-state index is 0.667. The second-order valence-electron chi connectivity index (χ2n) is 6.62. The molecule has 1 aromatic rings. The molecule has 0 bridgehead atoms. The lowest BCUT2D eigenvalue weighted by Crippen LogP contribution is -2.43. The van der Waals surface area contributed by atoms with Gasteiger partial charge in [-0.15, -0.1) is 0 Å². The highest BCUT2D eigenvalue weighted by atomic mass is 16.3. The summed E-state index contributed by atoms with van der Waals surface area (Å²) in [4.78, 5) is 2.69. The van der Waals surface area contributed by atoms with Gasteiger partial charge in [0.2, 0.25) is 0 Å². The third kappa shape index (κ3) is 3.86. The molecule has 3 rings (SSSR count). The van der Waals surface area contributed by atoms with E-state index in [1.165, 1.54) is 58.2 Å². The number of aryl methyl sites for hydroxylation is 1. The van der Waals surface area contributed by atoms with Gasteiger partial charge in [-0.1, -0.05) is 12.8 Å². The second kappa shape index (κ2) is 6.77. The molecule has 20 heavy (non-hydrogen) atoms. The van der Waals surface area contributed by atoms with E-state index in [0.29, 0.717) is 6.04 Å². The normalized spacial score (nSPS) is 22.6. The number of likely N-dealkylation sites (tertiary alicyclic amines) is 1. The zero-order chi connectivity index (χ0) is 13.8. The van der Waals surface area contributed by atoms with Crippen LogP contribution in [0.4, 0.5) is 0 Å². The van der Waals surface area contributed by atoms with Gasteiger partial charge in [0.1, 0.15) is 11.5 Å². The SMILES string of the molecule is Cc1ccc(CNC2CCN(CC3CCCC3)CC2)o1. The molecule has 1 aromatic heterocycles. The highest BCUT2D eigenvalue weighted by Crippen LogP contribution is 2.26. The van der Waals surface area contributed by atoms with Crippen LogP contribution < -0.4 is 5.32 Å². The molecule has 2 heterocycles. The summed E-state index contributed by atoms with van der Waals surface area (Å²) in [6.07, 6.45) is 8.43. The van der Waals surface area contributed by atoms with Crippen molar-refractivity contribution in [3.8, 4) is 0 Å². The molecule has 1 aliphatic carbocycles. The van der Waals surface area contributed by atoms with Crippen LogP contribution in [0, 0.1) is 12.8 Å². The number of hydrogen-bond donors (Lipinski definition) is 1. The first kappa shape index (κ1) is 14.2. The van der Waals surface area contributed by atoms with E-state index < -0.39 is 0 Å². The number of hydrogen-bond acceptors (Lipinski definition) is 3. The molecule has 112 valence electrons. The van der Waals surface area contributed by atoms with E-state index in [9.17, 15) is 0 Å². The Morgan fingerprint density at radius 1 is 1.15 bits per heavy atom. The highest BCUT2D eigenvalue weighted by Gasteiger charge is 2.23. The largest absolute Gasteiger partial charge is 0.465 e. The van der Waals surface area contributed by atoms with E-state index in [2.05, 4.69) is 16.3 Å². The molecular formula is C17H28N2O. The van der Waals surface area contributed by atoms with Crippen molar-refractivity contribution in [1.29, 1.82) is 0 Å². The molecule has 0 atom stereocenters. The molecule has 3 heteroatoms. The van der Waals surface area contributed by atoms with Crippen LogP contribution in [0.2, 0.25) is 0 Å². The lowest BCUT2D eigenvalue weighted by Gasteiger charge is -2.33. The van der Waals surface area contributed by atoms with Crippen molar-refractivity contribution in [1.82, 2.24) is 10.2 Å². The monoisotopic (exact) mass is 276 g/mol. The van der Waals surface area contributed by atoms with Gasteiger partial charge in [-0.2, -0.15) is 0 Å². The number of nitrogens with one attached hydrogen (secondary N) is 1. The maximum Gasteiger partial charge on any atom is 0.117 e. The first-order valence-corrected chi connectivity index (χ1v) is 8.30. The van der Waals surface area contributed by atoms with Crippen LogP contribution >= 0.6 is 0 Å². The van der Waals surface area contributed by atoms with Gasteiger partial charge < -0.3 is 14.6 Å². The Morgan fingerprint density at radius 2 is 1.90 bits per heavy atom. The van der Waals surface area contributed by atoms with Crippen LogP contribution in [-0.2, 0) is 6.54 Å². The fourth-order valence-corrected chi connectivity index (χ4v) is 3.70. The van der Waals surface area contributed by atoms with Gasteiger partial charge in [0.25, 0.3) is 0 Å². The fourth-order valence-electron chi connectivity index (χ4n) is 3.70. The van der Waals surface area contributed by atoms with Gasteiger partial charge in [0.15, 0.2) is 0 Å². The van der Waals surface area contributed by atoms with Gasteiger partial charge in [-0.3, -0.25) is 0 Å². The van der Waals surface area contributed by atoms with Crippen molar-refractivity contribution in [2.45, 2.75) is 58.0 Å². The van der Waals surface area contributed by atoms with E-state index >= 15 is 0 Å². The number of rotatable bonds is 5. The second-order valence-corrected chi connectivity index (χ2v) is 6.62. The number of nitrogens with zero attached hydrogens (tertiary/aromatic N) is 1. The Kier molecular flexibility index (Phi) is 4.79. The molecule has 1 saturated carbocycles. The zero-order valence-electron chi connectivity index (χ0n) is 12.7. The van der Waals surface area contributed by atoms with Crippen LogP contribution in [0.3, 0.4) is 0 Å². The lowest BCUT2D eigenvalue weighted by atomic mass is 10.0.